The fourth-order valence-corrected chi connectivity index (χ4v) is 2.55. The molecule has 4 heteroatoms. The number of nitrogens with zero attached hydrogens (tertiary/aromatic N) is 1. The van der Waals surface area contributed by atoms with Crippen LogP contribution in [0, 0.1) is 6.92 Å². The SMILES string of the molecule is CCCCc1nc(Cl)c(CNCCc2cccc(C)c2)[nH]1. The lowest BCUT2D eigenvalue weighted by atomic mass is 10.1. The molecule has 0 amide bonds. The molecule has 2 aromatic rings. The number of imidazole rings is 1. The summed E-state index contributed by atoms with van der Waals surface area (Å²) < 4.78 is 0. The first-order chi connectivity index (χ1) is 10.2. The maximum absolute atomic E-state index is 6.16. The van der Waals surface area contributed by atoms with E-state index in [9.17, 15) is 0 Å². The summed E-state index contributed by atoms with van der Waals surface area (Å²) >= 11 is 6.16. The van der Waals surface area contributed by atoms with Crippen molar-refractivity contribution in [2.45, 2.75) is 46.1 Å². The molecular formula is C17H24ClN3. The van der Waals surface area contributed by atoms with Gasteiger partial charge in [-0.15, -0.1) is 0 Å². The highest BCUT2D eigenvalue weighted by Gasteiger charge is 2.07. The van der Waals surface area contributed by atoms with Crippen LogP contribution in [0.3, 0.4) is 0 Å². The highest BCUT2D eigenvalue weighted by Crippen LogP contribution is 2.14. The van der Waals surface area contributed by atoms with Crippen LogP contribution in [-0.4, -0.2) is 16.5 Å². The van der Waals surface area contributed by atoms with Gasteiger partial charge in [-0.3, -0.25) is 0 Å². The Hall–Kier alpha value is -1.32. The standard InChI is InChI=1S/C17H24ClN3/c1-3-4-8-16-20-15(17(18)21-16)12-19-10-9-14-7-5-6-13(2)11-14/h5-7,11,19H,3-4,8-10,12H2,1-2H3,(H,20,21). The van der Waals surface area contributed by atoms with E-state index in [4.69, 9.17) is 11.6 Å². The van der Waals surface area contributed by atoms with Crippen molar-refractivity contribution in [1.82, 2.24) is 15.3 Å². The summed E-state index contributed by atoms with van der Waals surface area (Å²) in [6.07, 6.45) is 4.31. The first-order valence-corrected chi connectivity index (χ1v) is 8.06. The van der Waals surface area contributed by atoms with Crippen molar-refractivity contribution in [3.8, 4) is 0 Å². The van der Waals surface area contributed by atoms with E-state index in [1.54, 1.807) is 0 Å². The normalized spacial score (nSPS) is 11.0. The Morgan fingerprint density at radius 3 is 2.90 bits per heavy atom. The minimum absolute atomic E-state index is 0.601. The molecule has 0 aliphatic heterocycles. The summed E-state index contributed by atoms with van der Waals surface area (Å²) in [5.41, 5.74) is 3.67. The lowest BCUT2D eigenvalue weighted by molar-refractivity contribution is 0.674. The molecule has 0 radical (unpaired) electrons. The van der Waals surface area contributed by atoms with Crippen LogP contribution in [0.1, 0.15) is 42.4 Å². The van der Waals surface area contributed by atoms with Gasteiger partial charge in [-0.05, 0) is 31.9 Å². The Labute approximate surface area is 132 Å². The molecule has 0 spiro atoms. The van der Waals surface area contributed by atoms with E-state index in [2.05, 4.69) is 53.4 Å². The van der Waals surface area contributed by atoms with E-state index in [1.165, 1.54) is 17.5 Å². The molecule has 2 rings (SSSR count). The quantitative estimate of drug-likeness (QED) is 0.722. The van der Waals surface area contributed by atoms with Crippen molar-refractivity contribution < 1.29 is 0 Å². The van der Waals surface area contributed by atoms with Crippen molar-refractivity contribution in [3.05, 3.63) is 52.1 Å². The molecule has 3 nitrogen and oxygen atoms in total. The van der Waals surface area contributed by atoms with Crippen LogP contribution in [0.4, 0.5) is 0 Å². The predicted molar refractivity (Wildman–Crippen MR) is 88.8 cm³/mol. The van der Waals surface area contributed by atoms with Crippen LogP contribution in [0.2, 0.25) is 5.15 Å². The molecule has 0 saturated heterocycles. The van der Waals surface area contributed by atoms with Crippen molar-refractivity contribution in [2.75, 3.05) is 6.54 Å². The van der Waals surface area contributed by atoms with Crippen molar-refractivity contribution in [1.29, 1.82) is 0 Å². The number of halogens is 1. The molecule has 21 heavy (non-hydrogen) atoms. The van der Waals surface area contributed by atoms with E-state index >= 15 is 0 Å². The summed E-state index contributed by atoms with van der Waals surface area (Å²) in [5.74, 6) is 0.998. The number of hydrogen-bond acceptors (Lipinski definition) is 2. The fraction of sp³-hybridized carbons (Fsp3) is 0.471. The van der Waals surface area contributed by atoms with Crippen LogP contribution in [0.15, 0.2) is 24.3 Å². The lowest BCUT2D eigenvalue weighted by Gasteiger charge is -2.05. The Balaban J connectivity index is 1.77. The van der Waals surface area contributed by atoms with Crippen molar-refractivity contribution >= 4 is 11.6 Å². The summed E-state index contributed by atoms with van der Waals surface area (Å²) in [7, 11) is 0. The zero-order chi connectivity index (χ0) is 15.1. The number of H-pyrrole nitrogens is 1. The van der Waals surface area contributed by atoms with Crippen LogP contribution < -0.4 is 5.32 Å². The Morgan fingerprint density at radius 1 is 1.29 bits per heavy atom. The van der Waals surface area contributed by atoms with E-state index in [1.807, 2.05) is 0 Å². The van der Waals surface area contributed by atoms with Gasteiger partial charge in [0.15, 0.2) is 5.15 Å². The zero-order valence-corrected chi connectivity index (χ0v) is 13.6. The number of hydrogen-bond donors (Lipinski definition) is 2. The highest BCUT2D eigenvalue weighted by atomic mass is 35.5. The molecule has 0 saturated carbocycles. The van der Waals surface area contributed by atoms with E-state index in [0.29, 0.717) is 5.15 Å². The predicted octanol–water partition coefficient (Wildman–Crippen LogP) is 4.05. The van der Waals surface area contributed by atoms with Gasteiger partial charge in [-0.2, -0.15) is 0 Å². The number of aromatic nitrogens is 2. The van der Waals surface area contributed by atoms with Gasteiger partial charge in [-0.25, -0.2) is 4.98 Å². The number of benzene rings is 1. The van der Waals surface area contributed by atoms with Gasteiger partial charge in [0, 0.05) is 13.0 Å². The topological polar surface area (TPSA) is 40.7 Å². The lowest BCUT2D eigenvalue weighted by Crippen LogP contribution is -2.17. The monoisotopic (exact) mass is 305 g/mol. The minimum Gasteiger partial charge on any atom is -0.344 e. The van der Waals surface area contributed by atoms with Gasteiger partial charge in [-0.1, -0.05) is 54.8 Å². The minimum atomic E-state index is 0.601. The number of unbranched alkanes of at least 4 members (excludes halogenated alkanes) is 1. The van der Waals surface area contributed by atoms with Crippen LogP contribution in [-0.2, 0) is 19.4 Å². The third-order valence-corrected chi connectivity index (χ3v) is 3.83. The van der Waals surface area contributed by atoms with Crippen molar-refractivity contribution in [2.24, 2.45) is 0 Å². The molecule has 114 valence electrons. The zero-order valence-electron chi connectivity index (χ0n) is 12.9. The third-order valence-electron chi connectivity index (χ3n) is 3.52. The van der Waals surface area contributed by atoms with E-state index in [0.717, 1.165) is 43.9 Å². The molecule has 1 aromatic carbocycles. The fourth-order valence-electron chi connectivity index (χ4n) is 2.33. The number of nitrogens with one attached hydrogen (secondary N) is 2. The van der Waals surface area contributed by atoms with Gasteiger partial charge in [0.05, 0.1) is 5.69 Å². The molecular weight excluding hydrogens is 282 g/mol. The van der Waals surface area contributed by atoms with Gasteiger partial charge in [0.2, 0.25) is 0 Å². The van der Waals surface area contributed by atoms with E-state index in [-0.39, 0.29) is 0 Å². The largest absolute Gasteiger partial charge is 0.344 e. The van der Waals surface area contributed by atoms with Gasteiger partial charge in [0.1, 0.15) is 5.82 Å². The Kier molecular flexibility index (Phi) is 6.27. The maximum Gasteiger partial charge on any atom is 0.151 e. The van der Waals surface area contributed by atoms with Crippen LogP contribution in [0.25, 0.3) is 0 Å². The molecule has 2 N–H and O–H groups in total. The van der Waals surface area contributed by atoms with Gasteiger partial charge >= 0.3 is 0 Å². The van der Waals surface area contributed by atoms with Crippen molar-refractivity contribution in [3.63, 3.8) is 0 Å². The summed E-state index contributed by atoms with van der Waals surface area (Å²) in [5, 5.41) is 4.03. The number of rotatable bonds is 8. The molecule has 0 aliphatic carbocycles. The Bertz CT molecular complexity index is 563. The summed E-state index contributed by atoms with van der Waals surface area (Å²) in [4.78, 5) is 7.69. The second-order valence-electron chi connectivity index (χ2n) is 5.47. The first-order valence-electron chi connectivity index (χ1n) is 7.68. The summed E-state index contributed by atoms with van der Waals surface area (Å²) in [6.45, 7) is 5.98. The third kappa shape index (κ3) is 5.18. The molecule has 0 aliphatic rings. The summed E-state index contributed by atoms with van der Waals surface area (Å²) in [6, 6.07) is 8.63. The smallest absolute Gasteiger partial charge is 0.151 e. The van der Waals surface area contributed by atoms with Gasteiger partial charge in [0.25, 0.3) is 0 Å². The molecule has 1 aromatic heterocycles. The molecule has 0 atom stereocenters. The molecule has 0 bridgehead atoms. The molecule has 1 heterocycles. The maximum atomic E-state index is 6.16. The average molecular weight is 306 g/mol. The highest BCUT2D eigenvalue weighted by molar-refractivity contribution is 6.30. The Morgan fingerprint density at radius 2 is 2.14 bits per heavy atom. The second-order valence-corrected chi connectivity index (χ2v) is 5.83. The van der Waals surface area contributed by atoms with Crippen LogP contribution in [0.5, 0.6) is 0 Å². The first kappa shape index (κ1) is 16.1. The molecule has 0 fully saturated rings. The second kappa shape index (κ2) is 8.20. The van der Waals surface area contributed by atoms with Gasteiger partial charge < -0.3 is 10.3 Å². The van der Waals surface area contributed by atoms with Crippen LogP contribution >= 0.6 is 11.6 Å². The van der Waals surface area contributed by atoms with E-state index < -0.39 is 0 Å². The number of aromatic amines is 1. The molecule has 0 unspecified atom stereocenters. The average Bonchev–Trinajstić information content (AvgIpc) is 2.82. The number of aryl methyl sites for hydroxylation is 2.